The summed E-state index contributed by atoms with van der Waals surface area (Å²) >= 11 is 12.0. The van der Waals surface area contributed by atoms with Gasteiger partial charge in [0, 0.05) is 11.3 Å². The topological polar surface area (TPSA) is 66.0 Å². The molecule has 0 radical (unpaired) electrons. The molecule has 0 bridgehead atoms. The first-order valence-electron chi connectivity index (χ1n) is 8.59. The summed E-state index contributed by atoms with van der Waals surface area (Å²) in [7, 11) is 0. The molecule has 0 saturated heterocycles. The Hall–Kier alpha value is -2.97. The molecule has 0 aliphatic heterocycles. The van der Waals surface area contributed by atoms with E-state index in [0.717, 1.165) is 12.1 Å². The summed E-state index contributed by atoms with van der Waals surface area (Å²) in [5.41, 5.74) is -2.26. The molecule has 32 heavy (non-hydrogen) atoms. The highest BCUT2D eigenvalue weighted by molar-refractivity contribution is 6.43. The minimum Gasteiger partial charge on any atom is -0.353 e. The second-order valence-corrected chi connectivity index (χ2v) is 7.21. The molecular formula is C19H10Cl2F6N4O. The van der Waals surface area contributed by atoms with Crippen molar-refractivity contribution in [3.63, 3.8) is 0 Å². The van der Waals surface area contributed by atoms with Crippen molar-refractivity contribution in [1.82, 2.24) is 10.1 Å². The molecule has 0 atom stereocenters. The Morgan fingerprint density at radius 2 is 1.78 bits per heavy atom. The van der Waals surface area contributed by atoms with E-state index in [1.807, 2.05) is 0 Å². The lowest BCUT2D eigenvalue weighted by Crippen LogP contribution is -2.34. The third-order valence-electron chi connectivity index (χ3n) is 4.15. The highest BCUT2D eigenvalue weighted by Crippen LogP contribution is 2.36. The van der Waals surface area contributed by atoms with Crippen LogP contribution in [0, 0.1) is 11.3 Å². The molecule has 0 amide bonds. The number of rotatable bonds is 5. The van der Waals surface area contributed by atoms with Crippen LogP contribution in [-0.2, 0) is 12.7 Å². The van der Waals surface area contributed by atoms with Crippen molar-refractivity contribution in [1.29, 1.82) is 5.26 Å². The molecule has 5 nitrogen and oxygen atoms in total. The Bertz CT molecular complexity index is 1170. The molecule has 1 aromatic heterocycles. The summed E-state index contributed by atoms with van der Waals surface area (Å²) in [6.07, 6.45) is -9.70. The van der Waals surface area contributed by atoms with Crippen molar-refractivity contribution >= 4 is 28.9 Å². The van der Waals surface area contributed by atoms with Crippen LogP contribution >= 0.6 is 23.2 Å². The second kappa shape index (κ2) is 8.88. The molecular weight excluding hydrogens is 485 g/mol. The standard InChI is InChI=1S/C19H10Cl2F6N4O/c20-14-3-1-2-12(16(14)21)17-29-15(32-30-17)8-31(9-18(22,23)24)11-5-4-10(7-28)13(6-11)19(25,26)27/h1-6H,8-9H2. The summed E-state index contributed by atoms with van der Waals surface area (Å²) in [4.78, 5) is 4.55. The van der Waals surface area contributed by atoms with Gasteiger partial charge in [-0.25, -0.2) is 0 Å². The fourth-order valence-corrected chi connectivity index (χ4v) is 3.17. The summed E-state index contributed by atoms with van der Waals surface area (Å²) in [5, 5.41) is 12.8. The summed E-state index contributed by atoms with van der Waals surface area (Å²) in [6, 6.07) is 8.17. The number of hydrogen-bond donors (Lipinski definition) is 0. The number of anilines is 1. The van der Waals surface area contributed by atoms with Crippen LogP contribution in [0.5, 0.6) is 0 Å². The van der Waals surface area contributed by atoms with Gasteiger partial charge in [0.1, 0.15) is 6.54 Å². The summed E-state index contributed by atoms with van der Waals surface area (Å²) < 4.78 is 84.1. The van der Waals surface area contributed by atoms with Gasteiger partial charge < -0.3 is 9.42 Å². The number of nitrogens with zero attached hydrogens (tertiary/aromatic N) is 4. The Kier molecular flexibility index (Phi) is 6.57. The maximum Gasteiger partial charge on any atom is 0.417 e. The van der Waals surface area contributed by atoms with Gasteiger partial charge in [-0.1, -0.05) is 34.4 Å². The highest BCUT2D eigenvalue weighted by atomic mass is 35.5. The molecule has 0 fully saturated rings. The maximum atomic E-state index is 13.2. The molecule has 2 aromatic carbocycles. The van der Waals surface area contributed by atoms with Crippen LogP contribution in [0.4, 0.5) is 32.0 Å². The number of hydrogen-bond acceptors (Lipinski definition) is 5. The second-order valence-electron chi connectivity index (χ2n) is 6.42. The third-order valence-corrected chi connectivity index (χ3v) is 4.97. The van der Waals surface area contributed by atoms with Crippen molar-refractivity contribution in [2.45, 2.75) is 18.9 Å². The van der Waals surface area contributed by atoms with Crippen LogP contribution in [-0.4, -0.2) is 22.9 Å². The predicted octanol–water partition coefficient (Wildman–Crippen LogP) is 6.50. The number of alkyl halides is 6. The molecule has 13 heteroatoms. The lowest BCUT2D eigenvalue weighted by Gasteiger charge is -2.25. The van der Waals surface area contributed by atoms with E-state index in [0.29, 0.717) is 11.0 Å². The van der Waals surface area contributed by atoms with Crippen molar-refractivity contribution in [3.8, 4) is 17.5 Å². The summed E-state index contributed by atoms with van der Waals surface area (Å²) in [6.45, 7) is -2.26. The van der Waals surface area contributed by atoms with Gasteiger partial charge in [0.25, 0.3) is 0 Å². The Morgan fingerprint density at radius 3 is 2.41 bits per heavy atom. The Balaban J connectivity index is 1.98. The van der Waals surface area contributed by atoms with Crippen molar-refractivity contribution in [2.75, 3.05) is 11.4 Å². The molecule has 0 N–H and O–H groups in total. The number of halogens is 8. The molecule has 1 heterocycles. The van der Waals surface area contributed by atoms with Crippen LogP contribution in [0.25, 0.3) is 11.4 Å². The zero-order chi connectivity index (χ0) is 23.7. The fourth-order valence-electron chi connectivity index (χ4n) is 2.78. The van der Waals surface area contributed by atoms with Gasteiger partial charge in [-0.05, 0) is 30.3 Å². The van der Waals surface area contributed by atoms with Crippen LogP contribution in [0.15, 0.2) is 40.9 Å². The lowest BCUT2D eigenvalue weighted by molar-refractivity contribution is -0.137. The normalized spacial score (nSPS) is 12.0. The minimum absolute atomic E-state index is 0.0599. The van der Waals surface area contributed by atoms with Gasteiger partial charge in [-0.3, -0.25) is 0 Å². The van der Waals surface area contributed by atoms with E-state index < -0.39 is 42.3 Å². The van der Waals surface area contributed by atoms with Crippen molar-refractivity contribution in [3.05, 3.63) is 63.5 Å². The van der Waals surface area contributed by atoms with Crippen LogP contribution in [0.3, 0.4) is 0 Å². The molecule has 0 unspecified atom stereocenters. The first-order chi connectivity index (χ1) is 14.9. The quantitative estimate of drug-likeness (QED) is 0.378. The van der Waals surface area contributed by atoms with E-state index >= 15 is 0 Å². The number of nitriles is 1. The molecule has 3 rings (SSSR count). The molecule has 3 aromatic rings. The zero-order valence-electron chi connectivity index (χ0n) is 15.6. The third kappa shape index (κ3) is 5.44. The predicted molar refractivity (Wildman–Crippen MR) is 103 cm³/mol. The van der Waals surface area contributed by atoms with Crippen molar-refractivity contribution in [2.24, 2.45) is 0 Å². The SMILES string of the molecule is N#Cc1ccc(N(Cc2nc(-c3cccc(Cl)c3Cl)no2)CC(F)(F)F)cc1C(F)(F)F. The first kappa shape index (κ1) is 23.7. The van der Waals surface area contributed by atoms with Crippen LogP contribution in [0.1, 0.15) is 17.0 Å². The average molecular weight is 495 g/mol. The van der Waals surface area contributed by atoms with E-state index in [9.17, 15) is 26.3 Å². The zero-order valence-corrected chi connectivity index (χ0v) is 17.1. The maximum absolute atomic E-state index is 13.2. The highest BCUT2D eigenvalue weighted by Gasteiger charge is 2.36. The van der Waals surface area contributed by atoms with Gasteiger partial charge in [0.2, 0.25) is 11.7 Å². The molecule has 0 saturated carbocycles. The van der Waals surface area contributed by atoms with Gasteiger partial charge >= 0.3 is 12.4 Å². The molecule has 168 valence electrons. The lowest BCUT2D eigenvalue weighted by atomic mass is 10.1. The number of benzene rings is 2. The van der Waals surface area contributed by atoms with Gasteiger partial charge in [-0.2, -0.15) is 36.6 Å². The van der Waals surface area contributed by atoms with Crippen molar-refractivity contribution < 1.29 is 30.9 Å². The average Bonchev–Trinajstić information content (AvgIpc) is 3.15. The number of aromatic nitrogens is 2. The monoisotopic (exact) mass is 494 g/mol. The van der Waals surface area contributed by atoms with Crippen LogP contribution < -0.4 is 4.90 Å². The van der Waals surface area contributed by atoms with E-state index in [2.05, 4.69) is 10.1 Å². The molecule has 0 aliphatic carbocycles. The largest absolute Gasteiger partial charge is 0.417 e. The molecule has 0 spiro atoms. The van der Waals surface area contributed by atoms with E-state index in [4.69, 9.17) is 33.0 Å². The van der Waals surface area contributed by atoms with E-state index in [1.165, 1.54) is 18.2 Å². The van der Waals surface area contributed by atoms with Gasteiger partial charge in [-0.15, -0.1) is 0 Å². The van der Waals surface area contributed by atoms with Crippen LogP contribution in [0.2, 0.25) is 10.0 Å². The molecule has 0 aliphatic rings. The van der Waals surface area contributed by atoms with Gasteiger partial charge in [0.15, 0.2) is 0 Å². The summed E-state index contributed by atoms with van der Waals surface area (Å²) in [5.74, 6) is -0.367. The van der Waals surface area contributed by atoms with Gasteiger partial charge in [0.05, 0.1) is 33.8 Å². The van der Waals surface area contributed by atoms with E-state index in [-0.39, 0.29) is 27.3 Å². The first-order valence-corrected chi connectivity index (χ1v) is 9.34. The van der Waals surface area contributed by atoms with E-state index in [1.54, 1.807) is 6.07 Å². The Labute approximate surface area is 186 Å². The minimum atomic E-state index is -4.94. The smallest absolute Gasteiger partial charge is 0.353 e. The fraction of sp³-hybridized carbons (Fsp3) is 0.211. The Morgan fingerprint density at radius 1 is 1.06 bits per heavy atom.